The summed E-state index contributed by atoms with van der Waals surface area (Å²) < 4.78 is 27.8. The van der Waals surface area contributed by atoms with Crippen LogP contribution in [0.2, 0.25) is 0 Å². The van der Waals surface area contributed by atoms with Gasteiger partial charge in [0.05, 0.1) is 18.3 Å². The van der Waals surface area contributed by atoms with E-state index in [1.165, 1.54) is 16.9 Å². The van der Waals surface area contributed by atoms with Crippen molar-refractivity contribution in [2.45, 2.75) is 6.42 Å². The minimum atomic E-state index is -1.04. The molecule has 0 aliphatic carbocycles. The van der Waals surface area contributed by atoms with Gasteiger partial charge in [-0.15, -0.1) is 0 Å². The number of carboxylic acid groups (broad SMARTS) is 1. The number of nitrogens with zero attached hydrogens (tertiary/aromatic N) is 2. The molecule has 0 unspecified atom stereocenters. The fourth-order valence-corrected chi connectivity index (χ4v) is 1.75. The number of aryl methyl sites for hydroxylation is 1. The fourth-order valence-electron chi connectivity index (χ4n) is 1.75. The molecule has 0 fully saturated rings. The average Bonchev–Trinajstić information content (AvgIpc) is 2.60. The van der Waals surface area contributed by atoms with Crippen molar-refractivity contribution in [1.29, 1.82) is 0 Å². The Morgan fingerprint density at radius 1 is 1.39 bits per heavy atom. The Morgan fingerprint density at radius 3 is 2.72 bits per heavy atom. The highest BCUT2D eigenvalue weighted by Crippen LogP contribution is 2.26. The summed E-state index contributed by atoms with van der Waals surface area (Å²) in [5.41, 5.74) is 0.867. The van der Waals surface area contributed by atoms with Gasteiger partial charge in [0.25, 0.3) is 0 Å². The van der Waals surface area contributed by atoms with Gasteiger partial charge in [-0.2, -0.15) is 5.10 Å². The Labute approximate surface area is 101 Å². The molecule has 0 aliphatic rings. The predicted molar refractivity (Wildman–Crippen MR) is 59.9 cm³/mol. The van der Waals surface area contributed by atoms with E-state index < -0.39 is 17.6 Å². The van der Waals surface area contributed by atoms with E-state index in [9.17, 15) is 13.6 Å². The largest absolute Gasteiger partial charge is 0.481 e. The number of carboxylic acids is 1. The summed E-state index contributed by atoms with van der Waals surface area (Å²) in [5, 5.41) is 12.7. The summed E-state index contributed by atoms with van der Waals surface area (Å²) in [5.74, 6) is -2.46. The van der Waals surface area contributed by atoms with Gasteiger partial charge in [-0.05, 0) is 12.1 Å². The average molecular weight is 252 g/mol. The normalized spacial score (nSPS) is 10.6. The molecule has 0 bridgehead atoms. The molecule has 0 saturated heterocycles. The lowest BCUT2D eigenvalue weighted by atomic mass is 10.0. The first-order valence-corrected chi connectivity index (χ1v) is 5.17. The first kappa shape index (κ1) is 12.2. The lowest BCUT2D eigenvalue weighted by Gasteiger charge is -2.05. The number of halogens is 2. The van der Waals surface area contributed by atoms with Crippen LogP contribution in [-0.4, -0.2) is 20.9 Å². The third-order valence-corrected chi connectivity index (χ3v) is 2.60. The van der Waals surface area contributed by atoms with E-state index in [2.05, 4.69) is 5.10 Å². The minimum absolute atomic E-state index is 0.140. The number of carbonyl (C=O) groups is 1. The Hall–Kier alpha value is -2.24. The van der Waals surface area contributed by atoms with Gasteiger partial charge in [0, 0.05) is 24.2 Å². The summed E-state index contributed by atoms with van der Waals surface area (Å²) in [6, 6.07) is 3.15. The van der Waals surface area contributed by atoms with Crippen LogP contribution in [0.5, 0.6) is 0 Å². The zero-order chi connectivity index (χ0) is 13.3. The smallest absolute Gasteiger partial charge is 0.309 e. The highest BCUT2D eigenvalue weighted by molar-refractivity contribution is 5.75. The Balaban J connectivity index is 2.53. The van der Waals surface area contributed by atoms with Gasteiger partial charge >= 0.3 is 5.97 Å². The lowest BCUT2D eigenvalue weighted by molar-refractivity contribution is -0.136. The van der Waals surface area contributed by atoms with Crippen molar-refractivity contribution < 1.29 is 18.7 Å². The van der Waals surface area contributed by atoms with E-state index in [1.807, 2.05) is 0 Å². The third kappa shape index (κ3) is 2.22. The number of rotatable bonds is 3. The van der Waals surface area contributed by atoms with Gasteiger partial charge in [0.2, 0.25) is 0 Å². The van der Waals surface area contributed by atoms with Gasteiger partial charge in [-0.25, -0.2) is 8.78 Å². The molecule has 0 radical (unpaired) electrons. The van der Waals surface area contributed by atoms with Crippen molar-refractivity contribution in [2.24, 2.45) is 7.05 Å². The van der Waals surface area contributed by atoms with Crippen molar-refractivity contribution in [1.82, 2.24) is 9.78 Å². The quantitative estimate of drug-likeness (QED) is 0.908. The van der Waals surface area contributed by atoms with Crippen molar-refractivity contribution in [3.63, 3.8) is 0 Å². The molecule has 2 aromatic rings. The van der Waals surface area contributed by atoms with Gasteiger partial charge < -0.3 is 5.11 Å². The van der Waals surface area contributed by atoms with Gasteiger partial charge in [0.1, 0.15) is 11.6 Å². The van der Waals surface area contributed by atoms with E-state index in [0.29, 0.717) is 11.3 Å². The molecule has 1 aromatic carbocycles. The molecule has 18 heavy (non-hydrogen) atoms. The maximum atomic E-state index is 13.6. The molecule has 6 heteroatoms. The van der Waals surface area contributed by atoms with Crippen molar-refractivity contribution in [3.8, 4) is 11.1 Å². The number of hydrogen-bond donors (Lipinski definition) is 1. The number of benzene rings is 1. The Morgan fingerprint density at radius 2 is 2.11 bits per heavy atom. The monoisotopic (exact) mass is 252 g/mol. The maximum absolute atomic E-state index is 13.6. The second-order valence-electron chi connectivity index (χ2n) is 3.82. The van der Waals surface area contributed by atoms with Gasteiger partial charge in [0.15, 0.2) is 0 Å². The summed E-state index contributed by atoms with van der Waals surface area (Å²) in [4.78, 5) is 10.7. The maximum Gasteiger partial charge on any atom is 0.309 e. The molecular weight excluding hydrogens is 242 g/mol. The molecule has 2 rings (SSSR count). The molecule has 0 amide bonds. The van der Waals surface area contributed by atoms with Crippen LogP contribution in [0.25, 0.3) is 11.1 Å². The van der Waals surface area contributed by atoms with Crippen molar-refractivity contribution >= 4 is 5.97 Å². The molecule has 0 spiro atoms. The van der Waals surface area contributed by atoms with Crippen LogP contribution in [0.3, 0.4) is 0 Å². The van der Waals surface area contributed by atoms with Crippen LogP contribution in [0.1, 0.15) is 5.69 Å². The summed E-state index contributed by atoms with van der Waals surface area (Å²) in [6.45, 7) is 0. The van der Waals surface area contributed by atoms with Crippen LogP contribution in [0.4, 0.5) is 8.78 Å². The van der Waals surface area contributed by atoms with E-state index in [-0.39, 0.29) is 12.0 Å². The standard InChI is InChI=1S/C12H10F2N2O2/c1-16-11(5-12(17)18)9(6-15-16)8-3-2-7(13)4-10(8)14/h2-4,6H,5H2,1H3,(H,17,18). The first-order valence-electron chi connectivity index (χ1n) is 5.17. The third-order valence-electron chi connectivity index (χ3n) is 2.60. The number of aliphatic carboxylic acids is 1. The van der Waals surface area contributed by atoms with Crippen LogP contribution in [0.15, 0.2) is 24.4 Å². The first-order chi connectivity index (χ1) is 8.49. The number of hydrogen-bond acceptors (Lipinski definition) is 2. The molecule has 1 aromatic heterocycles. The van der Waals surface area contributed by atoms with Crippen molar-refractivity contribution in [3.05, 3.63) is 41.7 Å². The highest BCUT2D eigenvalue weighted by Gasteiger charge is 2.16. The predicted octanol–water partition coefficient (Wildman–Crippen LogP) is 1.99. The summed E-state index contributed by atoms with van der Waals surface area (Å²) in [6.07, 6.45) is 1.09. The SMILES string of the molecule is Cn1ncc(-c2ccc(F)cc2F)c1CC(=O)O. The van der Waals surface area contributed by atoms with Crippen molar-refractivity contribution in [2.75, 3.05) is 0 Å². The lowest BCUT2D eigenvalue weighted by Crippen LogP contribution is -2.07. The van der Waals surface area contributed by atoms with E-state index in [4.69, 9.17) is 5.11 Å². The summed E-state index contributed by atoms with van der Waals surface area (Å²) >= 11 is 0. The highest BCUT2D eigenvalue weighted by atomic mass is 19.1. The van der Waals surface area contributed by atoms with Gasteiger partial charge in [-0.3, -0.25) is 9.48 Å². The molecule has 1 heterocycles. The van der Waals surface area contributed by atoms with Gasteiger partial charge in [-0.1, -0.05) is 0 Å². The van der Waals surface area contributed by atoms with E-state index in [1.54, 1.807) is 7.05 Å². The molecule has 94 valence electrons. The molecule has 4 nitrogen and oxygen atoms in total. The second-order valence-corrected chi connectivity index (χ2v) is 3.82. The summed E-state index contributed by atoms with van der Waals surface area (Å²) in [7, 11) is 1.57. The molecule has 0 atom stereocenters. The van der Waals surface area contributed by atoms with E-state index >= 15 is 0 Å². The molecule has 0 aliphatic heterocycles. The van der Waals surface area contributed by atoms with E-state index in [0.717, 1.165) is 12.1 Å². The van der Waals surface area contributed by atoms with Crippen LogP contribution >= 0.6 is 0 Å². The number of aromatic nitrogens is 2. The topological polar surface area (TPSA) is 55.1 Å². The Bertz CT molecular complexity index is 608. The zero-order valence-corrected chi connectivity index (χ0v) is 9.52. The molecule has 0 saturated carbocycles. The van der Waals surface area contributed by atoms with Crippen LogP contribution in [-0.2, 0) is 18.3 Å². The van der Waals surface area contributed by atoms with Crippen LogP contribution < -0.4 is 0 Å². The molecule has 1 N–H and O–H groups in total. The molecular formula is C12H10F2N2O2. The second kappa shape index (κ2) is 4.56. The Kier molecular flexibility index (Phi) is 3.10. The zero-order valence-electron chi connectivity index (χ0n) is 9.52. The fraction of sp³-hybridized carbons (Fsp3) is 0.167. The minimum Gasteiger partial charge on any atom is -0.481 e. The van der Waals surface area contributed by atoms with Crippen LogP contribution in [0, 0.1) is 11.6 Å².